The minimum atomic E-state index is 0.796. The minimum absolute atomic E-state index is 0.796. The van der Waals surface area contributed by atoms with Crippen LogP contribution in [0.5, 0.6) is 0 Å². The highest BCUT2D eigenvalue weighted by Gasteiger charge is 2.31. The second-order valence-electron chi connectivity index (χ2n) is 6.02. The third-order valence-electron chi connectivity index (χ3n) is 4.50. The standard InChI is InChI=1S/C14H28N2/c1-12(9-15-2)10-16-8-7-13-5-3-4-6-14(13)11-16/h12-15H,3-11H2,1-2H3. The number of nitrogens with one attached hydrogen (secondary N) is 1. The molecule has 1 aliphatic heterocycles. The van der Waals surface area contributed by atoms with Crippen molar-refractivity contribution in [1.82, 2.24) is 10.2 Å². The van der Waals surface area contributed by atoms with E-state index in [0.29, 0.717) is 0 Å². The van der Waals surface area contributed by atoms with Gasteiger partial charge in [0.2, 0.25) is 0 Å². The van der Waals surface area contributed by atoms with E-state index >= 15 is 0 Å². The first-order valence-corrected chi connectivity index (χ1v) is 7.16. The van der Waals surface area contributed by atoms with Crippen molar-refractivity contribution >= 4 is 0 Å². The molecule has 2 rings (SSSR count). The summed E-state index contributed by atoms with van der Waals surface area (Å²) in [5.41, 5.74) is 0. The maximum absolute atomic E-state index is 3.29. The highest BCUT2D eigenvalue weighted by atomic mass is 15.1. The number of hydrogen-bond donors (Lipinski definition) is 1. The Kier molecular flexibility index (Phi) is 4.66. The lowest BCUT2D eigenvalue weighted by Crippen LogP contribution is -2.44. The molecule has 1 saturated carbocycles. The number of piperidine rings is 1. The molecule has 2 fully saturated rings. The van der Waals surface area contributed by atoms with Crippen molar-refractivity contribution in [2.45, 2.75) is 39.0 Å². The summed E-state index contributed by atoms with van der Waals surface area (Å²) in [4.78, 5) is 2.72. The molecule has 94 valence electrons. The fourth-order valence-electron chi connectivity index (χ4n) is 3.70. The number of fused-ring (bicyclic) bond motifs is 1. The van der Waals surface area contributed by atoms with Gasteiger partial charge in [-0.2, -0.15) is 0 Å². The summed E-state index contributed by atoms with van der Waals surface area (Å²) < 4.78 is 0. The van der Waals surface area contributed by atoms with Gasteiger partial charge in [0.15, 0.2) is 0 Å². The highest BCUT2D eigenvalue weighted by Crippen LogP contribution is 2.36. The van der Waals surface area contributed by atoms with Crippen LogP contribution in [0.1, 0.15) is 39.0 Å². The van der Waals surface area contributed by atoms with Crippen LogP contribution in [0.15, 0.2) is 0 Å². The molecule has 3 unspecified atom stereocenters. The van der Waals surface area contributed by atoms with Crippen molar-refractivity contribution in [3.63, 3.8) is 0 Å². The number of rotatable bonds is 4. The maximum Gasteiger partial charge on any atom is 0.00193 e. The van der Waals surface area contributed by atoms with Crippen LogP contribution in [0.4, 0.5) is 0 Å². The van der Waals surface area contributed by atoms with E-state index in [0.717, 1.165) is 24.3 Å². The molecule has 0 aromatic carbocycles. The van der Waals surface area contributed by atoms with E-state index in [4.69, 9.17) is 0 Å². The van der Waals surface area contributed by atoms with Crippen molar-refractivity contribution in [1.29, 1.82) is 0 Å². The molecule has 16 heavy (non-hydrogen) atoms. The van der Waals surface area contributed by atoms with Gasteiger partial charge in [-0.15, -0.1) is 0 Å². The summed E-state index contributed by atoms with van der Waals surface area (Å²) in [7, 11) is 2.06. The van der Waals surface area contributed by atoms with Gasteiger partial charge < -0.3 is 10.2 Å². The Bertz CT molecular complexity index is 205. The lowest BCUT2D eigenvalue weighted by molar-refractivity contribution is 0.0775. The van der Waals surface area contributed by atoms with Gasteiger partial charge in [0.05, 0.1) is 0 Å². The second-order valence-corrected chi connectivity index (χ2v) is 6.02. The van der Waals surface area contributed by atoms with Gasteiger partial charge in [-0.1, -0.05) is 26.2 Å². The van der Waals surface area contributed by atoms with Gasteiger partial charge in [0, 0.05) is 13.1 Å². The van der Waals surface area contributed by atoms with Crippen molar-refractivity contribution in [2.75, 3.05) is 33.2 Å². The minimum Gasteiger partial charge on any atom is -0.319 e. The van der Waals surface area contributed by atoms with E-state index in [1.165, 1.54) is 51.7 Å². The van der Waals surface area contributed by atoms with Crippen LogP contribution in [0.2, 0.25) is 0 Å². The molecule has 2 heteroatoms. The van der Waals surface area contributed by atoms with E-state index in [1.807, 2.05) is 0 Å². The van der Waals surface area contributed by atoms with Crippen molar-refractivity contribution < 1.29 is 0 Å². The van der Waals surface area contributed by atoms with E-state index in [1.54, 1.807) is 0 Å². The molecule has 0 aromatic heterocycles. The first-order chi connectivity index (χ1) is 7.79. The van der Waals surface area contributed by atoms with Crippen molar-refractivity contribution in [3.8, 4) is 0 Å². The Morgan fingerprint density at radius 3 is 2.69 bits per heavy atom. The Morgan fingerprint density at radius 1 is 1.19 bits per heavy atom. The molecule has 2 nitrogen and oxygen atoms in total. The average molecular weight is 224 g/mol. The molecule has 1 aliphatic carbocycles. The van der Waals surface area contributed by atoms with Crippen molar-refractivity contribution in [2.24, 2.45) is 17.8 Å². The van der Waals surface area contributed by atoms with E-state index in [-0.39, 0.29) is 0 Å². The topological polar surface area (TPSA) is 15.3 Å². The van der Waals surface area contributed by atoms with Crippen LogP contribution in [0.3, 0.4) is 0 Å². The molecule has 1 N–H and O–H groups in total. The summed E-state index contributed by atoms with van der Waals surface area (Å²) in [5.74, 6) is 2.90. The Balaban J connectivity index is 1.76. The zero-order chi connectivity index (χ0) is 11.4. The molecule has 0 aromatic rings. The van der Waals surface area contributed by atoms with Gasteiger partial charge in [-0.25, -0.2) is 0 Å². The molecular weight excluding hydrogens is 196 g/mol. The fourth-order valence-corrected chi connectivity index (χ4v) is 3.70. The molecule has 0 bridgehead atoms. The Labute approximate surface area is 101 Å². The average Bonchev–Trinajstić information content (AvgIpc) is 2.29. The predicted molar refractivity (Wildman–Crippen MR) is 69.6 cm³/mol. The molecule has 3 atom stereocenters. The Hall–Kier alpha value is -0.0800. The summed E-state index contributed by atoms with van der Waals surface area (Å²) in [6, 6.07) is 0. The number of hydrogen-bond acceptors (Lipinski definition) is 2. The monoisotopic (exact) mass is 224 g/mol. The van der Waals surface area contributed by atoms with Gasteiger partial charge in [-0.05, 0) is 50.7 Å². The van der Waals surface area contributed by atoms with E-state index in [2.05, 4.69) is 24.2 Å². The fraction of sp³-hybridized carbons (Fsp3) is 1.00. The molecule has 0 amide bonds. The largest absolute Gasteiger partial charge is 0.319 e. The van der Waals surface area contributed by atoms with Gasteiger partial charge >= 0.3 is 0 Å². The molecular formula is C14H28N2. The van der Waals surface area contributed by atoms with E-state index in [9.17, 15) is 0 Å². The summed E-state index contributed by atoms with van der Waals surface area (Å²) in [6.45, 7) is 7.56. The second kappa shape index (κ2) is 6.02. The lowest BCUT2D eigenvalue weighted by atomic mass is 9.75. The van der Waals surface area contributed by atoms with Crippen LogP contribution in [-0.4, -0.2) is 38.1 Å². The predicted octanol–water partition coefficient (Wildman–Crippen LogP) is 2.35. The number of likely N-dealkylation sites (tertiary alicyclic amines) is 1. The molecule has 1 heterocycles. The first-order valence-electron chi connectivity index (χ1n) is 7.16. The summed E-state index contributed by atoms with van der Waals surface area (Å²) in [6.07, 6.45) is 7.47. The van der Waals surface area contributed by atoms with Crippen LogP contribution < -0.4 is 5.32 Å². The van der Waals surface area contributed by atoms with Crippen molar-refractivity contribution in [3.05, 3.63) is 0 Å². The summed E-state index contributed by atoms with van der Waals surface area (Å²) >= 11 is 0. The zero-order valence-corrected chi connectivity index (χ0v) is 11.0. The highest BCUT2D eigenvalue weighted by molar-refractivity contribution is 4.84. The normalized spacial score (nSPS) is 33.4. The van der Waals surface area contributed by atoms with Gasteiger partial charge in [0.25, 0.3) is 0 Å². The maximum atomic E-state index is 3.29. The quantitative estimate of drug-likeness (QED) is 0.788. The third kappa shape index (κ3) is 3.21. The molecule has 1 saturated heterocycles. The molecule has 0 spiro atoms. The SMILES string of the molecule is CNCC(C)CN1CCC2CCCCC2C1. The molecule has 0 radical (unpaired) electrons. The smallest absolute Gasteiger partial charge is 0.00193 e. The van der Waals surface area contributed by atoms with Crippen LogP contribution in [0, 0.1) is 17.8 Å². The van der Waals surface area contributed by atoms with Crippen LogP contribution in [0.25, 0.3) is 0 Å². The van der Waals surface area contributed by atoms with E-state index < -0.39 is 0 Å². The third-order valence-corrected chi connectivity index (χ3v) is 4.50. The van der Waals surface area contributed by atoms with Crippen LogP contribution in [-0.2, 0) is 0 Å². The van der Waals surface area contributed by atoms with Crippen LogP contribution >= 0.6 is 0 Å². The first kappa shape index (κ1) is 12.4. The summed E-state index contributed by atoms with van der Waals surface area (Å²) in [5, 5.41) is 3.29. The zero-order valence-electron chi connectivity index (χ0n) is 11.0. The number of nitrogens with zero attached hydrogens (tertiary/aromatic N) is 1. The van der Waals surface area contributed by atoms with Gasteiger partial charge in [-0.3, -0.25) is 0 Å². The molecule has 2 aliphatic rings. The Morgan fingerprint density at radius 2 is 1.94 bits per heavy atom. The van der Waals surface area contributed by atoms with Gasteiger partial charge in [0.1, 0.15) is 0 Å². The lowest BCUT2D eigenvalue weighted by Gasteiger charge is -2.42.